The van der Waals surface area contributed by atoms with Crippen molar-refractivity contribution in [1.29, 1.82) is 0 Å². The van der Waals surface area contributed by atoms with Gasteiger partial charge in [0.25, 0.3) is 11.8 Å². The summed E-state index contributed by atoms with van der Waals surface area (Å²) in [4.78, 5) is 77.8. The van der Waals surface area contributed by atoms with Crippen LogP contribution in [0, 0.1) is 0 Å². The molecule has 1 aromatic carbocycles. The first-order valence-electron chi connectivity index (χ1n) is 15.1. The van der Waals surface area contributed by atoms with Crippen molar-refractivity contribution in [2.45, 2.75) is 123 Å². The average Bonchev–Trinajstić information content (AvgIpc) is 3.22. The second-order valence-corrected chi connectivity index (χ2v) is 12.6. The van der Waals surface area contributed by atoms with Crippen LogP contribution in [0.2, 0.25) is 0 Å². The number of nitrogens with zero attached hydrogens (tertiary/aromatic N) is 1. The Morgan fingerprint density at radius 1 is 0.795 bits per heavy atom. The number of imide groups is 1. The maximum atomic E-state index is 12.7. The number of carbonyl (C=O) groups is 6. The third-order valence-electron chi connectivity index (χ3n) is 6.17. The van der Waals surface area contributed by atoms with Gasteiger partial charge in [0.2, 0.25) is 5.91 Å². The van der Waals surface area contributed by atoms with E-state index in [1.165, 1.54) is 0 Å². The standard InChI is InChI=1S/C32H46N2O10/c1-31(2,3)42-29(39)22-13-15-23(16-14-22)41-21-11-9-7-8-10-12-25(35)33-24(30(40)43-32(4,5)6)17-20-28(38)44-34-26(36)18-19-27(34)37/h13-16,24H,7-12,17-21H2,1-6H3,(H,33,35). The fraction of sp³-hybridized carbons (Fsp3) is 0.625. The lowest BCUT2D eigenvalue weighted by molar-refractivity contribution is -0.197. The van der Waals surface area contributed by atoms with Gasteiger partial charge in [-0.2, -0.15) is 0 Å². The second-order valence-electron chi connectivity index (χ2n) is 12.6. The van der Waals surface area contributed by atoms with Gasteiger partial charge in [-0.05, 0) is 85.1 Å². The van der Waals surface area contributed by atoms with Crippen molar-refractivity contribution in [2.24, 2.45) is 0 Å². The number of benzene rings is 1. The topological polar surface area (TPSA) is 155 Å². The van der Waals surface area contributed by atoms with Crippen molar-refractivity contribution in [3.8, 4) is 5.75 Å². The number of unbranched alkanes of at least 4 members (excludes halogenated alkanes) is 4. The molecule has 244 valence electrons. The molecule has 1 aliphatic heterocycles. The van der Waals surface area contributed by atoms with Crippen LogP contribution in [0.4, 0.5) is 0 Å². The summed E-state index contributed by atoms with van der Waals surface area (Å²) in [7, 11) is 0. The predicted molar refractivity (Wildman–Crippen MR) is 159 cm³/mol. The van der Waals surface area contributed by atoms with Gasteiger partial charge in [-0.1, -0.05) is 19.3 Å². The van der Waals surface area contributed by atoms with E-state index in [1.54, 1.807) is 45.0 Å². The molecule has 12 heteroatoms. The average molecular weight is 619 g/mol. The highest BCUT2D eigenvalue weighted by atomic mass is 16.7. The molecule has 44 heavy (non-hydrogen) atoms. The van der Waals surface area contributed by atoms with E-state index in [-0.39, 0.29) is 44.0 Å². The van der Waals surface area contributed by atoms with Gasteiger partial charge in [-0.15, -0.1) is 5.06 Å². The van der Waals surface area contributed by atoms with Gasteiger partial charge in [0, 0.05) is 19.3 Å². The van der Waals surface area contributed by atoms with Gasteiger partial charge >= 0.3 is 17.9 Å². The molecule has 3 amide bonds. The molecule has 12 nitrogen and oxygen atoms in total. The Balaban J connectivity index is 1.68. The Hall–Kier alpha value is -3.96. The Morgan fingerprint density at radius 2 is 1.36 bits per heavy atom. The van der Waals surface area contributed by atoms with E-state index in [0.29, 0.717) is 29.4 Å². The van der Waals surface area contributed by atoms with E-state index in [0.717, 1.165) is 25.7 Å². The van der Waals surface area contributed by atoms with Crippen molar-refractivity contribution in [3.63, 3.8) is 0 Å². The molecule has 0 aromatic heterocycles. The van der Waals surface area contributed by atoms with Crippen LogP contribution in [0.3, 0.4) is 0 Å². The zero-order valence-electron chi connectivity index (χ0n) is 26.7. The molecule has 1 heterocycles. The summed E-state index contributed by atoms with van der Waals surface area (Å²) < 4.78 is 16.5. The Bertz CT molecular complexity index is 1150. The third-order valence-corrected chi connectivity index (χ3v) is 6.17. The molecular weight excluding hydrogens is 572 g/mol. The van der Waals surface area contributed by atoms with Crippen LogP contribution in [0.25, 0.3) is 0 Å². The number of hydroxylamine groups is 2. The molecule has 1 atom stereocenters. The lowest BCUT2D eigenvalue weighted by Gasteiger charge is -2.24. The Morgan fingerprint density at radius 3 is 1.95 bits per heavy atom. The number of amides is 3. The summed E-state index contributed by atoms with van der Waals surface area (Å²) in [6.07, 6.45) is 3.77. The number of hydrogen-bond donors (Lipinski definition) is 1. The summed E-state index contributed by atoms with van der Waals surface area (Å²) in [5.74, 6) is -2.81. The van der Waals surface area contributed by atoms with Gasteiger partial charge < -0.3 is 24.4 Å². The summed E-state index contributed by atoms with van der Waals surface area (Å²) >= 11 is 0. The molecule has 1 N–H and O–H groups in total. The molecule has 1 unspecified atom stereocenters. The number of ether oxygens (including phenoxy) is 3. The number of carbonyl (C=O) groups excluding carboxylic acids is 6. The summed E-state index contributed by atoms with van der Waals surface area (Å²) in [6, 6.07) is 5.73. The summed E-state index contributed by atoms with van der Waals surface area (Å²) in [6.45, 7) is 11.0. The lowest BCUT2D eigenvalue weighted by Crippen LogP contribution is -2.44. The minimum absolute atomic E-state index is 0.0242. The second kappa shape index (κ2) is 16.8. The molecule has 1 fully saturated rings. The molecule has 0 spiro atoms. The number of nitrogens with one attached hydrogen (secondary N) is 1. The van der Waals surface area contributed by atoms with Crippen molar-refractivity contribution in [2.75, 3.05) is 6.61 Å². The highest BCUT2D eigenvalue weighted by Crippen LogP contribution is 2.18. The Labute approximate surface area is 259 Å². The maximum Gasteiger partial charge on any atom is 0.338 e. The first kappa shape index (κ1) is 36.2. The molecule has 0 saturated carbocycles. The van der Waals surface area contributed by atoms with E-state index >= 15 is 0 Å². The minimum atomic E-state index is -1.09. The highest BCUT2D eigenvalue weighted by Gasteiger charge is 2.34. The zero-order chi connectivity index (χ0) is 32.9. The molecule has 0 bridgehead atoms. The van der Waals surface area contributed by atoms with E-state index in [1.807, 2.05) is 20.8 Å². The van der Waals surface area contributed by atoms with Crippen LogP contribution in [-0.4, -0.2) is 64.5 Å². The van der Waals surface area contributed by atoms with Crippen LogP contribution in [0.5, 0.6) is 5.75 Å². The van der Waals surface area contributed by atoms with Crippen molar-refractivity contribution >= 4 is 35.6 Å². The van der Waals surface area contributed by atoms with Crippen LogP contribution < -0.4 is 10.1 Å². The monoisotopic (exact) mass is 618 g/mol. The van der Waals surface area contributed by atoms with E-state index < -0.39 is 41.0 Å². The normalized spacial score (nSPS) is 14.2. The van der Waals surface area contributed by atoms with E-state index in [4.69, 9.17) is 19.0 Å². The van der Waals surface area contributed by atoms with Crippen LogP contribution >= 0.6 is 0 Å². The van der Waals surface area contributed by atoms with E-state index in [9.17, 15) is 28.8 Å². The molecule has 1 aromatic rings. The van der Waals surface area contributed by atoms with Crippen molar-refractivity contribution in [1.82, 2.24) is 10.4 Å². The molecule has 0 radical (unpaired) electrons. The van der Waals surface area contributed by atoms with Crippen LogP contribution in [0.1, 0.15) is 116 Å². The van der Waals surface area contributed by atoms with Crippen molar-refractivity contribution < 1.29 is 47.8 Å². The van der Waals surface area contributed by atoms with Gasteiger partial charge in [0.15, 0.2) is 0 Å². The fourth-order valence-electron chi connectivity index (χ4n) is 4.09. The Kier molecular flexibility index (Phi) is 13.8. The number of hydrogen-bond acceptors (Lipinski definition) is 10. The SMILES string of the molecule is CC(C)(C)OC(=O)c1ccc(OCCCCCCCC(=O)NC(CCC(=O)ON2C(=O)CCC2=O)C(=O)OC(C)(C)C)cc1. The highest BCUT2D eigenvalue weighted by molar-refractivity contribution is 6.01. The molecular formula is C32H46N2O10. The first-order valence-corrected chi connectivity index (χ1v) is 15.1. The smallest absolute Gasteiger partial charge is 0.338 e. The quantitative estimate of drug-likeness (QED) is 0.158. The maximum absolute atomic E-state index is 12.7. The number of esters is 2. The van der Waals surface area contributed by atoms with Gasteiger partial charge in [0.05, 0.1) is 18.6 Å². The van der Waals surface area contributed by atoms with Gasteiger partial charge in [0.1, 0.15) is 23.0 Å². The summed E-state index contributed by atoms with van der Waals surface area (Å²) in [5, 5.41) is 3.08. The molecule has 1 saturated heterocycles. The minimum Gasteiger partial charge on any atom is -0.494 e. The lowest BCUT2D eigenvalue weighted by atomic mass is 10.1. The predicted octanol–water partition coefficient (Wildman–Crippen LogP) is 4.58. The summed E-state index contributed by atoms with van der Waals surface area (Å²) in [5.41, 5.74) is -0.899. The number of rotatable bonds is 16. The fourth-order valence-corrected chi connectivity index (χ4v) is 4.09. The van der Waals surface area contributed by atoms with Crippen molar-refractivity contribution in [3.05, 3.63) is 29.8 Å². The largest absolute Gasteiger partial charge is 0.494 e. The van der Waals surface area contributed by atoms with Gasteiger partial charge in [-0.25, -0.2) is 14.4 Å². The van der Waals surface area contributed by atoms with E-state index in [2.05, 4.69) is 5.32 Å². The molecule has 1 aliphatic rings. The molecule has 2 rings (SSSR count). The van der Waals surface area contributed by atoms with Crippen LogP contribution in [0.15, 0.2) is 24.3 Å². The third kappa shape index (κ3) is 14.0. The molecule has 0 aliphatic carbocycles. The zero-order valence-corrected chi connectivity index (χ0v) is 26.7. The first-order chi connectivity index (χ1) is 20.5. The van der Waals surface area contributed by atoms with Crippen LogP contribution in [-0.2, 0) is 38.3 Å². The van der Waals surface area contributed by atoms with Gasteiger partial charge in [-0.3, -0.25) is 14.4 Å².